The SMILES string of the molecule is CCN1CCN(c2nc3c(cc2C(N)=S)CCC3)CC1C. The van der Waals surface area contributed by atoms with Gasteiger partial charge in [-0.3, -0.25) is 4.90 Å². The minimum absolute atomic E-state index is 0.470. The molecular weight excluding hydrogens is 280 g/mol. The van der Waals surface area contributed by atoms with Crippen molar-refractivity contribution in [3.63, 3.8) is 0 Å². The molecule has 1 atom stereocenters. The molecule has 1 unspecified atom stereocenters. The second kappa shape index (κ2) is 5.89. The molecule has 2 N–H and O–H groups in total. The highest BCUT2D eigenvalue weighted by Gasteiger charge is 2.27. The fourth-order valence-corrected chi connectivity index (χ4v) is 3.69. The fraction of sp³-hybridized carbons (Fsp3) is 0.625. The van der Waals surface area contributed by atoms with Crippen molar-refractivity contribution in [1.82, 2.24) is 9.88 Å². The Morgan fingerprint density at radius 2 is 2.24 bits per heavy atom. The molecule has 0 aromatic carbocycles. The molecule has 1 fully saturated rings. The molecule has 1 aromatic heterocycles. The van der Waals surface area contributed by atoms with Gasteiger partial charge in [0, 0.05) is 31.4 Å². The lowest BCUT2D eigenvalue weighted by Crippen LogP contribution is -2.52. The van der Waals surface area contributed by atoms with Gasteiger partial charge < -0.3 is 10.6 Å². The van der Waals surface area contributed by atoms with Crippen molar-refractivity contribution < 1.29 is 0 Å². The number of nitrogens with zero attached hydrogens (tertiary/aromatic N) is 3. The molecule has 1 aliphatic heterocycles. The van der Waals surface area contributed by atoms with Crippen LogP contribution in [0, 0.1) is 0 Å². The van der Waals surface area contributed by atoms with Crippen molar-refractivity contribution in [2.75, 3.05) is 31.1 Å². The first kappa shape index (κ1) is 14.7. The van der Waals surface area contributed by atoms with E-state index in [-0.39, 0.29) is 0 Å². The van der Waals surface area contributed by atoms with Crippen LogP contribution in [-0.4, -0.2) is 47.1 Å². The van der Waals surface area contributed by atoms with Crippen LogP contribution in [0.3, 0.4) is 0 Å². The molecule has 1 aromatic rings. The van der Waals surface area contributed by atoms with E-state index in [2.05, 4.69) is 29.7 Å². The number of thiocarbonyl (C=S) groups is 1. The number of aryl methyl sites for hydroxylation is 2. The maximum atomic E-state index is 5.96. The van der Waals surface area contributed by atoms with Gasteiger partial charge in [0.25, 0.3) is 0 Å². The van der Waals surface area contributed by atoms with Crippen LogP contribution in [0.25, 0.3) is 0 Å². The highest BCUT2D eigenvalue weighted by atomic mass is 32.1. The summed E-state index contributed by atoms with van der Waals surface area (Å²) in [7, 11) is 0. The molecule has 2 heterocycles. The van der Waals surface area contributed by atoms with E-state index in [0.29, 0.717) is 11.0 Å². The first-order valence-electron chi connectivity index (χ1n) is 7.91. The number of hydrogen-bond donors (Lipinski definition) is 1. The molecule has 0 radical (unpaired) electrons. The molecule has 21 heavy (non-hydrogen) atoms. The molecule has 4 nitrogen and oxygen atoms in total. The van der Waals surface area contributed by atoms with E-state index in [1.165, 1.54) is 17.7 Å². The third kappa shape index (κ3) is 2.77. The van der Waals surface area contributed by atoms with E-state index >= 15 is 0 Å². The van der Waals surface area contributed by atoms with E-state index < -0.39 is 0 Å². The number of nitrogens with two attached hydrogens (primary N) is 1. The zero-order chi connectivity index (χ0) is 15.0. The smallest absolute Gasteiger partial charge is 0.139 e. The van der Waals surface area contributed by atoms with Crippen molar-refractivity contribution in [1.29, 1.82) is 0 Å². The van der Waals surface area contributed by atoms with Gasteiger partial charge in [0.1, 0.15) is 10.8 Å². The maximum absolute atomic E-state index is 5.96. The van der Waals surface area contributed by atoms with Crippen LogP contribution in [0.5, 0.6) is 0 Å². The molecule has 1 saturated heterocycles. The molecular formula is C16H24N4S. The zero-order valence-electron chi connectivity index (χ0n) is 12.9. The van der Waals surface area contributed by atoms with Crippen molar-refractivity contribution in [2.45, 2.75) is 39.2 Å². The third-order valence-electron chi connectivity index (χ3n) is 4.77. The summed E-state index contributed by atoms with van der Waals surface area (Å²) in [6, 6.07) is 2.72. The number of aromatic nitrogens is 1. The van der Waals surface area contributed by atoms with E-state index in [4.69, 9.17) is 22.9 Å². The quantitative estimate of drug-likeness (QED) is 0.862. The Labute approximate surface area is 132 Å². The Hall–Kier alpha value is -1.20. The monoisotopic (exact) mass is 304 g/mol. The number of likely N-dealkylation sites (N-methyl/N-ethyl adjacent to an activating group) is 1. The lowest BCUT2D eigenvalue weighted by molar-refractivity contribution is 0.199. The molecule has 0 saturated carbocycles. The first-order valence-corrected chi connectivity index (χ1v) is 8.32. The molecule has 0 amide bonds. The van der Waals surface area contributed by atoms with Crippen LogP contribution >= 0.6 is 12.2 Å². The summed E-state index contributed by atoms with van der Waals surface area (Å²) >= 11 is 5.27. The molecule has 3 rings (SSSR count). The molecule has 114 valence electrons. The summed E-state index contributed by atoms with van der Waals surface area (Å²) in [4.78, 5) is 10.3. The van der Waals surface area contributed by atoms with Crippen molar-refractivity contribution in [3.05, 3.63) is 22.9 Å². The van der Waals surface area contributed by atoms with Crippen LogP contribution in [0.4, 0.5) is 5.82 Å². The summed E-state index contributed by atoms with van der Waals surface area (Å²) < 4.78 is 0. The second-order valence-corrected chi connectivity index (χ2v) is 6.55. The van der Waals surface area contributed by atoms with Gasteiger partial charge in [-0.1, -0.05) is 19.1 Å². The summed E-state index contributed by atoms with van der Waals surface area (Å²) in [5.74, 6) is 1.01. The van der Waals surface area contributed by atoms with E-state index in [1.807, 2.05) is 0 Å². The van der Waals surface area contributed by atoms with Crippen LogP contribution in [0.15, 0.2) is 6.07 Å². The van der Waals surface area contributed by atoms with Gasteiger partial charge >= 0.3 is 0 Å². The van der Waals surface area contributed by atoms with E-state index in [0.717, 1.165) is 50.4 Å². The minimum atomic E-state index is 0.470. The van der Waals surface area contributed by atoms with E-state index in [1.54, 1.807) is 0 Å². The zero-order valence-corrected chi connectivity index (χ0v) is 13.7. The Morgan fingerprint density at radius 1 is 1.43 bits per heavy atom. The second-order valence-electron chi connectivity index (χ2n) is 6.11. The van der Waals surface area contributed by atoms with Gasteiger partial charge in [0.05, 0.1) is 5.56 Å². The first-order chi connectivity index (χ1) is 10.1. The lowest BCUT2D eigenvalue weighted by Gasteiger charge is -2.40. The van der Waals surface area contributed by atoms with Crippen LogP contribution < -0.4 is 10.6 Å². The number of hydrogen-bond acceptors (Lipinski definition) is 4. The van der Waals surface area contributed by atoms with Crippen LogP contribution in [0.1, 0.15) is 37.1 Å². The van der Waals surface area contributed by atoms with E-state index in [9.17, 15) is 0 Å². The Bertz CT molecular complexity index is 557. The van der Waals surface area contributed by atoms with Gasteiger partial charge in [-0.15, -0.1) is 0 Å². The normalized spacial score (nSPS) is 22.4. The number of fused-ring (bicyclic) bond motifs is 1. The summed E-state index contributed by atoms with van der Waals surface area (Å²) in [5.41, 5.74) is 9.50. The van der Waals surface area contributed by atoms with Crippen LogP contribution in [-0.2, 0) is 12.8 Å². The molecule has 0 spiro atoms. The lowest BCUT2D eigenvalue weighted by atomic mass is 10.1. The van der Waals surface area contributed by atoms with Crippen molar-refractivity contribution >= 4 is 23.0 Å². The van der Waals surface area contributed by atoms with Crippen LogP contribution in [0.2, 0.25) is 0 Å². The average molecular weight is 304 g/mol. The summed E-state index contributed by atoms with van der Waals surface area (Å²) in [6.07, 6.45) is 3.39. The third-order valence-corrected chi connectivity index (χ3v) is 4.99. The maximum Gasteiger partial charge on any atom is 0.139 e. The van der Waals surface area contributed by atoms with Gasteiger partial charge in [-0.05, 0) is 44.4 Å². The number of pyridine rings is 1. The molecule has 2 aliphatic rings. The number of rotatable bonds is 3. The predicted octanol–water partition coefficient (Wildman–Crippen LogP) is 1.73. The van der Waals surface area contributed by atoms with Gasteiger partial charge in [0.15, 0.2) is 0 Å². The average Bonchev–Trinajstić information content (AvgIpc) is 2.93. The number of anilines is 1. The summed E-state index contributed by atoms with van der Waals surface area (Å²) in [6.45, 7) is 8.68. The minimum Gasteiger partial charge on any atom is -0.389 e. The highest BCUT2D eigenvalue weighted by Crippen LogP contribution is 2.28. The standard InChI is InChI=1S/C16H24N4S/c1-3-19-7-8-20(10-11(19)2)16-13(15(17)21)9-12-5-4-6-14(12)18-16/h9,11H,3-8,10H2,1-2H3,(H2,17,21). The molecule has 5 heteroatoms. The Morgan fingerprint density at radius 3 is 2.90 bits per heavy atom. The van der Waals surface area contributed by atoms with Crippen molar-refractivity contribution in [2.24, 2.45) is 5.73 Å². The Kier molecular flexibility index (Phi) is 4.13. The van der Waals surface area contributed by atoms with Gasteiger partial charge in [0.2, 0.25) is 0 Å². The molecule has 0 bridgehead atoms. The van der Waals surface area contributed by atoms with Crippen molar-refractivity contribution in [3.8, 4) is 0 Å². The van der Waals surface area contributed by atoms with Gasteiger partial charge in [-0.2, -0.15) is 0 Å². The van der Waals surface area contributed by atoms with Gasteiger partial charge in [-0.25, -0.2) is 4.98 Å². The number of piperazine rings is 1. The predicted molar refractivity (Wildman–Crippen MR) is 91.1 cm³/mol. The highest BCUT2D eigenvalue weighted by molar-refractivity contribution is 7.80. The molecule has 1 aliphatic carbocycles. The largest absolute Gasteiger partial charge is 0.389 e. The summed E-state index contributed by atoms with van der Waals surface area (Å²) in [5, 5.41) is 0. The topological polar surface area (TPSA) is 45.4 Å². The fourth-order valence-electron chi connectivity index (χ4n) is 3.54. The Balaban J connectivity index is 1.93.